The SMILES string of the molecule is COC1(C)OC(C)(COCC(=O)[O-])C(C)(OC2(C)OC(C)(COCC(=O)[O-])C(C)(OC3(C)OC(C)(COCC(=O)[O-])C(C)(OC)C(C)(O)C3(C)O)C(C)(O)C2(C)O)C(C)(O)C1(C)O.[Na+].[Na+].[Na+]. The summed E-state index contributed by atoms with van der Waals surface area (Å²) in [5.74, 6) is -12.2. The second-order valence-electron chi connectivity index (χ2n) is 19.6. The summed E-state index contributed by atoms with van der Waals surface area (Å²) < 4.78 is 60.8. The second-order valence-corrected chi connectivity index (χ2v) is 19.6. The Balaban J connectivity index is 0.0000141. The molecular formula is C41H69Na3O22. The Bertz CT molecular complexity index is 1770. The number of carboxylic acid groups (broad SMARTS) is 3. The van der Waals surface area contributed by atoms with Gasteiger partial charge in [0.05, 0.1) is 57.5 Å². The van der Waals surface area contributed by atoms with Crippen molar-refractivity contribution < 1.29 is 196 Å². The molecular weight excluding hydrogens is 913 g/mol. The van der Waals surface area contributed by atoms with E-state index < -0.39 is 142 Å². The first kappa shape index (κ1) is 66.8. The smallest absolute Gasteiger partial charge is 0.548 e. The van der Waals surface area contributed by atoms with Crippen LogP contribution in [-0.4, -0.2) is 187 Å². The molecule has 0 saturated carbocycles. The van der Waals surface area contributed by atoms with Crippen LogP contribution in [0.1, 0.15) is 104 Å². The van der Waals surface area contributed by atoms with Crippen molar-refractivity contribution in [1.29, 1.82) is 0 Å². The van der Waals surface area contributed by atoms with Gasteiger partial charge in [0.1, 0.15) is 67.2 Å². The van der Waals surface area contributed by atoms with Crippen molar-refractivity contribution in [2.75, 3.05) is 53.9 Å². The van der Waals surface area contributed by atoms with E-state index in [1.54, 1.807) is 0 Å². The van der Waals surface area contributed by atoms with Crippen molar-refractivity contribution in [3.05, 3.63) is 0 Å². The average molecular weight is 983 g/mol. The molecule has 0 bridgehead atoms. The van der Waals surface area contributed by atoms with Crippen molar-refractivity contribution in [2.24, 2.45) is 0 Å². The minimum absolute atomic E-state index is 0. The normalized spacial score (nSPS) is 49.1. The summed E-state index contributed by atoms with van der Waals surface area (Å²) in [6.07, 6.45) is 0. The quantitative estimate of drug-likeness (QED) is 0.0695. The molecule has 3 saturated heterocycles. The summed E-state index contributed by atoms with van der Waals surface area (Å²) in [6.45, 7) is 13.0. The zero-order valence-electron chi connectivity index (χ0n) is 42.5. The van der Waals surface area contributed by atoms with Crippen LogP contribution in [-0.2, 0) is 61.8 Å². The number of hydrogen-bond acceptors (Lipinski definition) is 22. The van der Waals surface area contributed by atoms with Gasteiger partial charge < -0.3 is 108 Å². The van der Waals surface area contributed by atoms with Gasteiger partial charge in [0.2, 0.25) is 0 Å². The van der Waals surface area contributed by atoms with Gasteiger partial charge in [0.15, 0.2) is 17.4 Å². The van der Waals surface area contributed by atoms with Gasteiger partial charge in [-0.25, -0.2) is 0 Å². The molecule has 3 rings (SSSR count). The van der Waals surface area contributed by atoms with Gasteiger partial charge in [-0.15, -0.1) is 0 Å². The molecule has 0 aromatic carbocycles. The van der Waals surface area contributed by atoms with Crippen molar-refractivity contribution in [3.8, 4) is 0 Å². The third kappa shape index (κ3) is 9.59. The maximum atomic E-state index is 13.1. The van der Waals surface area contributed by atoms with E-state index in [-0.39, 0.29) is 88.7 Å². The van der Waals surface area contributed by atoms with Crippen molar-refractivity contribution >= 4 is 17.9 Å². The molecule has 15 unspecified atom stereocenters. The largest absolute Gasteiger partial charge is 1.00 e. The maximum Gasteiger partial charge on any atom is 1.00 e. The summed E-state index contributed by atoms with van der Waals surface area (Å²) in [7, 11) is 2.37. The summed E-state index contributed by atoms with van der Waals surface area (Å²) in [6, 6.07) is 0. The zero-order valence-corrected chi connectivity index (χ0v) is 48.5. The van der Waals surface area contributed by atoms with Gasteiger partial charge in [-0.05, 0) is 104 Å². The van der Waals surface area contributed by atoms with E-state index in [2.05, 4.69) is 0 Å². The van der Waals surface area contributed by atoms with E-state index in [1.807, 2.05) is 0 Å². The number of methoxy groups -OCH3 is 2. The molecule has 0 spiro atoms. The number of carbonyl (C=O) groups is 3. The van der Waals surface area contributed by atoms with E-state index in [0.717, 1.165) is 34.6 Å². The van der Waals surface area contributed by atoms with Crippen LogP contribution in [0.15, 0.2) is 0 Å². The zero-order chi connectivity index (χ0) is 49.5. The molecule has 3 aliphatic heterocycles. The van der Waals surface area contributed by atoms with Crippen molar-refractivity contribution in [2.45, 2.75) is 188 Å². The standard InChI is InChI=1S/C41H72O22.3Na/c1-27(21-56-18-24(42)43)36(10,54-16)30(4,48)34(8,52)40(14,60-27)63-38(12)29(3,23-58-20-26(46)47)61-41(15,35(9,53)32(38,6)50)62-37(11)28(2,22-57-19-25(44)45)59-39(13,55-17)33(7,51)31(37,5)49;;;/h48-53H,18-23H2,1-17H3,(H,42,43)(H,44,45)(H,46,47);;;/q;3*+1/p-3. The monoisotopic (exact) mass is 982 g/mol. The van der Waals surface area contributed by atoms with E-state index in [4.69, 9.17) is 47.4 Å². The van der Waals surface area contributed by atoms with Gasteiger partial charge in [-0.1, -0.05) is 0 Å². The fourth-order valence-electron chi connectivity index (χ4n) is 9.72. The number of carboxylic acids is 3. The fourth-order valence-corrected chi connectivity index (χ4v) is 9.72. The van der Waals surface area contributed by atoms with Crippen LogP contribution in [0, 0.1) is 0 Å². The summed E-state index contributed by atoms with van der Waals surface area (Å²) in [5.41, 5.74) is -28.9. The minimum Gasteiger partial charge on any atom is -0.548 e. The Morgan fingerprint density at radius 3 is 0.864 bits per heavy atom. The number of ether oxygens (including phenoxy) is 10. The van der Waals surface area contributed by atoms with E-state index in [0.29, 0.717) is 0 Å². The van der Waals surface area contributed by atoms with Crippen LogP contribution in [0.4, 0.5) is 0 Å². The molecule has 0 aromatic rings. The molecule has 25 heteroatoms. The molecule has 15 atom stereocenters. The molecule has 0 aromatic heterocycles. The minimum atomic E-state index is -2.83. The van der Waals surface area contributed by atoms with E-state index >= 15 is 0 Å². The molecule has 3 fully saturated rings. The number of aliphatic hydroxyl groups is 6. The molecule has 3 aliphatic rings. The molecule has 22 nitrogen and oxygen atoms in total. The molecule has 3 heterocycles. The summed E-state index contributed by atoms with van der Waals surface area (Å²) in [4.78, 5) is 34.5. The molecule has 0 amide bonds. The third-order valence-corrected chi connectivity index (χ3v) is 16.0. The third-order valence-electron chi connectivity index (χ3n) is 16.0. The topological polar surface area (TPSA) is 334 Å². The van der Waals surface area contributed by atoms with Gasteiger partial charge in [0.25, 0.3) is 0 Å². The second kappa shape index (κ2) is 20.6. The summed E-state index contributed by atoms with van der Waals surface area (Å²) >= 11 is 0. The number of rotatable bonds is 18. The van der Waals surface area contributed by atoms with Crippen LogP contribution in [0.5, 0.6) is 0 Å². The van der Waals surface area contributed by atoms with Crippen LogP contribution in [0.2, 0.25) is 0 Å². The van der Waals surface area contributed by atoms with Crippen molar-refractivity contribution in [1.82, 2.24) is 0 Å². The predicted octanol–water partition coefficient (Wildman–Crippen LogP) is -13.1. The Morgan fingerprint density at radius 1 is 0.394 bits per heavy atom. The Kier molecular flexibility index (Phi) is 20.8. The van der Waals surface area contributed by atoms with Gasteiger partial charge in [-0.3, -0.25) is 0 Å². The molecule has 0 radical (unpaired) electrons. The van der Waals surface area contributed by atoms with E-state index in [9.17, 15) is 60.3 Å². The number of hydrogen-bond donors (Lipinski definition) is 6. The summed E-state index contributed by atoms with van der Waals surface area (Å²) in [5, 5.41) is 110. The molecule has 0 aliphatic carbocycles. The van der Waals surface area contributed by atoms with Crippen LogP contribution < -0.4 is 104 Å². The number of carbonyl (C=O) groups excluding carboxylic acids is 3. The molecule has 66 heavy (non-hydrogen) atoms. The number of aliphatic carboxylic acids is 3. The van der Waals surface area contributed by atoms with Gasteiger partial charge >= 0.3 is 88.7 Å². The first-order valence-corrected chi connectivity index (χ1v) is 20.2. The van der Waals surface area contributed by atoms with Gasteiger partial charge in [-0.2, -0.15) is 0 Å². The fraction of sp³-hybridized carbons (Fsp3) is 0.927. The first-order chi connectivity index (χ1) is 27.9. The Morgan fingerprint density at radius 2 is 0.621 bits per heavy atom. The maximum absolute atomic E-state index is 13.1. The van der Waals surface area contributed by atoms with Gasteiger partial charge in [0, 0.05) is 14.2 Å². The van der Waals surface area contributed by atoms with Crippen LogP contribution >= 0.6 is 0 Å². The Labute approximate surface area is 452 Å². The van der Waals surface area contributed by atoms with Crippen LogP contribution in [0.25, 0.3) is 0 Å². The molecule has 6 N–H and O–H groups in total. The first-order valence-electron chi connectivity index (χ1n) is 20.2. The average Bonchev–Trinajstić information content (AvgIpc) is 3.11. The molecule has 368 valence electrons. The van der Waals surface area contributed by atoms with E-state index in [1.165, 1.54) is 83.5 Å². The predicted molar refractivity (Wildman–Crippen MR) is 206 cm³/mol. The Hall–Kier alpha value is 0.770. The van der Waals surface area contributed by atoms with Crippen molar-refractivity contribution in [3.63, 3.8) is 0 Å². The van der Waals surface area contributed by atoms with Crippen LogP contribution in [0.3, 0.4) is 0 Å².